The summed E-state index contributed by atoms with van der Waals surface area (Å²) >= 11 is 12.1. The Morgan fingerprint density at radius 2 is 1.33 bits per heavy atom. The van der Waals surface area contributed by atoms with Crippen LogP contribution in [0.4, 0.5) is 11.6 Å². The first-order chi connectivity index (χ1) is 16.0. The fraction of sp³-hybridized carbons (Fsp3) is 0.0800. The smallest absolute Gasteiger partial charge is 0.246 e. The number of nitrogens with one attached hydrogen (secondary N) is 2. The summed E-state index contributed by atoms with van der Waals surface area (Å²) in [6, 6.07) is 23.8. The van der Waals surface area contributed by atoms with Crippen LogP contribution in [0, 0.1) is 0 Å². The lowest BCUT2D eigenvalue weighted by Gasteiger charge is -2.11. The van der Waals surface area contributed by atoms with Crippen LogP contribution >= 0.6 is 23.2 Å². The van der Waals surface area contributed by atoms with Crippen molar-refractivity contribution in [1.82, 2.24) is 9.97 Å². The van der Waals surface area contributed by atoms with Crippen molar-refractivity contribution < 1.29 is 9.53 Å². The van der Waals surface area contributed by atoms with Crippen LogP contribution in [0.15, 0.2) is 78.9 Å². The number of carbonyl (C=O) groups is 1. The number of nitrogens with zero attached hydrogens (tertiary/aromatic N) is 2. The Bertz CT molecular complexity index is 1180. The van der Waals surface area contributed by atoms with Gasteiger partial charge in [-0.1, -0.05) is 47.5 Å². The summed E-state index contributed by atoms with van der Waals surface area (Å²) in [6.45, 7) is 0.0527. The second-order valence-corrected chi connectivity index (χ2v) is 7.98. The number of carbonyl (C=O) groups excluding carboxylic acids is 1. The normalized spacial score (nSPS) is 10.5. The number of ether oxygens (including phenoxy) is 1. The van der Waals surface area contributed by atoms with Gasteiger partial charge in [0.25, 0.3) is 0 Å². The zero-order chi connectivity index (χ0) is 23.2. The van der Waals surface area contributed by atoms with Gasteiger partial charge in [0.15, 0.2) is 0 Å². The minimum atomic E-state index is -0.277. The fourth-order valence-corrected chi connectivity index (χ4v) is 3.35. The molecule has 0 radical (unpaired) electrons. The molecule has 166 valence electrons. The van der Waals surface area contributed by atoms with Gasteiger partial charge in [0, 0.05) is 26.9 Å². The van der Waals surface area contributed by atoms with Crippen LogP contribution < -0.4 is 15.4 Å². The number of halogens is 2. The molecule has 0 aliphatic rings. The van der Waals surface area contributed by atoms with E-state index in [4.69, 9.17) is 27.9 Å². The first kappa shape index (κ1) is 22.6. The maximum Gasteiger partial charge on any atom is 0.246 e. The molecule has 6 nitrogen and oxygen atoms in total. The highest BCUT2D eigenvalue weighted by Gasteiger charge is 2.12. The zero-order valence-corrected chi connectivity index (χ0v) is 19.2. The van der Waals surface area contributed by atoms with Gasteiger partial charge in [-0.2, -0.15) is 0 Å². The topological polar surface area (TPSA) is 76.1 Å². The second kappa shape index (κ2) is 10.3. The van der Waals surface area contributed by atoms with Gasteiger partial charge in [0.05, 0.1) is 25.0 Å². The van der Waals surface area contributed by atoms with Crippen LogP contribution in [-0.2, 0) is 4.79 Å². The molecule has 1 amide bonds. The third-order valence-electron chi connectivity index (χ3n) is 4.80. The Kier molecular flexibility index (Phi) is 7.07. The second-order valence-electron chi connectivity index (χ2n) is 7.11. The first-order valence-corrected chi connectivity index (χ1v) is 10.8. The number of hydrogen-bond acceptors (Lipinski definition) is 5. The van der Waals surface area contributed by atoms with E-state index in [-0.39, 0.29) is 18.4 Å². The molecule has 3 aromatic carbocycles. The standard InChI is InChI=1S/C25H20Cl2N4O2/c1-33-21-12-10-20(11-13-21)28-15-24(32)31-25-29-22(16-2-6-18(26)7-3-16)14-23(30-25)17-4-8-19(27)9-5-17/h2-14,28H,15H2,1H3,(H,29,30,31,32). The average molecular weight is 479 g/mol. The Morgan fingerprint density at radius 3 is 1.82 bits per heavy atom. The van der Waals surface area contributed by atoms with E-state index in [0.29, 0.717) is 21.4 Å². The summed E-state index contributed by atoms with van der Waals surface area (Å²) in [4.78, 5) is 21.7. The molecule has 0 fully saturated rings. The minimum Gasteiger partial charge on any atom is -0.497 e. The number of amides is 1. The minimum absolute atomic E-state index is 0.0527. The van der Waals surface area contributed by atoms with Crippen molar-refractivity contribution in [3.8, 4) is 28.3 Å². The molecule has 0 saturated heterocycles. The molecule has 0 atom stereocenters. The van der Waals surface area contributed by atoms with Crippen LogP contribution in [0.3, 0.4) is 0 Å². The van der Waals surface area contributed by atoms with Gasteiger partial charge in [-0.05, 0) is 54.6 Å². The average Bonchev–Trinajstić information content (AvgIpc) is 2.84. The maximum atomic E-state index is 12.6. The highest BCUT2D eigenvalue weighted by Crippen LogP contribution is 2.27. The van der Waals surface area contributed by atoms with E-state index >= 15 is 0 Å². The van der Waals surface area contributed by atoms with Crippen LogP contribution in [0.25, 0.3) is 22.5 Å². The molecular formula is C25H20Cl2N4O2. The quantitative estimate of drug-likeness (QED) is 0.331. The van der Waals surface area contributed by atoms with Crippen LogP contribution in [0.1, 0.15) is 0 Å². The van der Waals surface area contributed by atoms with Crippen molar-refractivity contribution in [3.05, 3.63) is 88.9 Å². The molecule has 1 heterocycles. The Morgan fingerprint density at radius 1 is 0.818 bits per heavy atom. The lowest BCUT2D eigenvalue weighted by molar-refractivity contribution is -0.114. The number of methoxy groups -OCH3 is 1. The van der Waals surface area contributed by atoms with Crippen molar-refractivity contribution in [2.24, 2.45) is 0 Å². The summed E-state index contributed by atoms with van der Waals surface area (Å²) in [5, 5.41) is 7.10. The van der Waals surface area contributed by atoms with Crippen molar-refractivity contribution in [2.45, 2.75) is 0 Å². The van der Waals surface area contributed by atoms with E-state index in [1.165, 1.54) is 0 Å². The van der Waals surface area contributed by atoms with Gasteiger partial charge in [-0.3, -0.25) is 10.1 Å². The molecule has 0 aliphatic heterocycles. The van der Waals surface area contributed by atoms with Crippen molar-refractivity contribution in [2.75, 3.05) is 24.3 Å². The lowest BCUT2D eigenvalue weighted by atomic mass is 10.1. The Balaban J connectivity index is 1.57. The van der Waals surface area contributed by atoms with Gasteiger partial charge >= 0.3 is 0 Å². The van der Waals surface area contributed by atoms with E-state index in [1.807, 2.05) is 54.6 Å². The molecule has 4 aromatic rings. The summed E-state index contributed by atoms with van der Waals surface area (Å²) in [5.41, 5.74) is 3.81. The van der Waals surface area contributed by atoms with Gasteiger partial charge in [0.1, 0.15) is 5.75 Å². The SMILES string of the molecule is COc1ccc(NCC(=O)Nc2nc(-c3ccc(Cl)cc3)cc(-c3ccc(Cl)cc3)n2)cc1. The summed E-state index contributed by atoms with van der Waals surface area (Å²) in [5.74, 6) is 0.669. The van der Waals surface area contributed by atoms with Gasteiger partial charge < -0.3 is 10.1 Å². The van der Waals surface area contributed by atoms with E-state index in [0.717, 1.165) is 22.6 Å². The van der Waals surface area contributed by atoms with Gasteiger partial charge in [0.2, 0.25) is 11.9 Å². The molecule has 2 N–H and O–H groups in total. The van der Waals surface area contributed by atoms with Gasteiger partial charge in [-0.15, -0.1) is 0 Å². The molecule has 0 saturated carbocycles. The molecule has 0 unspecified atom stereocenters. The molecule has 0 bridgehead atoms. The third-order valence-corrected chi connectivity index (χ3v) is 5.30. The molecule has 0 aliphatic carbocycles. The number of aromatic nitrogens is 2. The van der Waals surface area contributed by atoms with E-state index < -0.39 is 0 Å². The highest BCUT2D eigenvalue weighted by molar-refractivity contribution is 6.30. The highest BCUT2D eigenvalue weighted by atomic mass is 35.5. The summed E-state index contributed by atoms with van der Waals surface area (Å²) in [6.07, 6.45) is 0. The van der Waals surface area contributed by atoms with Crippen LogP contribution in [0.5, 0.6) is 5.75 Å². The monoisotopic (exact) mass is 478 g/mol. The predicted octanol–water partition coefficient (Wildman–Crippen LogP) is 6.18. The summed E-state index contributed by atoms with van der Waals surface area (Å²) < 4.78 is 5.14. The van der Waals surface area contributed by atoms with Crippen molar-refractivity contribution in [1.29, 1.82) is 0 Å². The maximum absolute atomic E-state index is 12.6. The molecule has 4 rings (SSSR count). The lowest BCUT2D eigenvalue weighted by Crippen LogP contribution is -2.23. The van der Waals surface area contributed by atoms with E-state index in [1.54, 1.807) is 31.4 Å². The van der Waals surface area contributed by atoms with Crippen LogP contribution in [-0.4, -0.2) is 29.5 Å². The zero-order valence-electron chi connectivity index (χ0n) is 17.7. The number of benzene rings is 3. The third kappa shape index (κ3) is 6.00. The summed E-state index contributed by atoms with van der Waals surface area (Å²) in [7, 11) is 1.60. The predicted molar refractivity (Wildman–Crippen MR) is 133 cm³/mol. The molecule has 0 spiro atoms. The number of rotatable bonds is 7. The molecule has 8 heteroatoms. The van der Waals surface area contributed by atoms with E-state index in [2.05, 4.69) is 20.6 Å². The fourth-order valence-electron chi connectivity index (χ4n) is 3.10. The largest absolute Gasteiger partial charge is 0.497 e. The number of hydrogen-bond donors (Lipinski definition) is 2. The van der Waals surface area contributed by atoms with Crippen LogP contribution in [0.2, 0.25) is 10.0 Å². The molecule has 1 aromatic heterocycles. The van der Waals surface area contributed by atoms with Crippen molar-refractivity contribution in [3.63, 3.8) is 0 Å². The molecule has 33 heavy (non-hydrogen) atoms. The number of anilines is 2. The van der Waals surface area contributed by atoms with Gasteiger partial charge in [-0.25, -0.2) is 9.97 Å². The Hall–Kier alpha value is -3.61. The van der Waals surface area contributed by atoms with Crippen molar-refractivity contribution >= 4 is 40.7 Å². The first-order valence-electron chi connectivity index (χ1n) is 10.1. The molecular weight excluding hydrogens is 459 g/mol. The van der Waals surface area contributed by atoms with E-state index in [9.17, 15) is 4.79 Å². The Labute approximate surface area is 201 Å².